The summed E-state index contributed by atoms with van der Waals surface area (Å²) in [4.78, 5) is 25.3. The lowest BCUT2D eigenvalue weighted by Crippen LogP contribution is -2.29. The van der Waals surface area contributed by atoms with Gasteiger partial charge in [-0.1, -0.05) is 41.6 Å². The van der Waals surface area contributed by atoms with Crippen LogP contribution < -0.4 is 16.0 Å². The molecule has 3 N–H and O–H groups in total. The average molecular weight is 415 g/mol. The van der Waals surface area contributed by atoms with E-state index < -0.39 is 0 Å². The van der Waals surface area contributed by atoms with Gasteiger partial charge in [-0.05, 0) is 19.1 Å². The van der Waals surface area contributed by atoms with Crippen molar-refractivity contribution in [3.05, 3.63) is 78.4 Å². The number of hydrogen-bond acceptors (Lipinski definition) is 8. The highest BCUT2D eigenvalue weighted by Crippen LogP contribution is 2.19. The van der Waals surface area contributed by atoms with E-state index in [1.54, 1.807) is 18.3 Å². The van der Waals surface area contributed by atoms with Crippen molar-refractivity contribution < 1.29 is 9.32 Å². The molecule has 0 aliphatic carbocycles. The Labute approximate surface area is 178 Å². The van der Waals surface area contributed by atoms with Crippen LogP contribution in [-0.4, -0.2) is 39.1 Å². The quantitative estimate of drug-likeness (QED) is 0.375. The predicted molar refractivity (Wildman–Crippen MR) is 117 cm³/mol. The molecule has 4 rings (SSSR count). The van der Waals surface area contributed by atoms with E-state index in [-0.39, 0.29) is 11.6 Å². The number of nitrogens with one attached hydrogen (secondary N) is 3. The first-order valence-corrected chi connectivity index (χ1v) is 9.75. The molecule has 0 aliphatic rings. The summed E-state index contributed by atoms with van der Waals surface area (Å²) in [7, 11) is 0. The molecule has 9 nitrogen and oxygen atoms in total. The molecule has 4 aromatic rings. The fourth-order valence-electron chi connectivity index (χ4n) is 2.87. The fraction of sp³-hybridized carbons (Fsp3) is 0.136. The van der Waals surface area contributed by atoms with Crippen LogP contribution in [0.25, 0.3) is 11.3 Å². The molecule has 0 atom stereocenters. The van der Waals surface area contributed by atoms with Gasteiger partial charge in [0.25, 0.3) is 5.91 Å². The van der Waals surface area contributed by atoms with Crippen molar-refractivity contribution in [2.75, 3.05) is 23.7 Å². The summed E-state index contributed by atoms with van der Waals surface area (Å²) in [6, 6.07) is 18.5. The van der Waals surface area contributed by atoms with Gasteiger partial charge >= 0.3 is 0 Å². The zero-order valence-electron chi connectivity index (χ0n) is 16.9. The van der Waals surface area contributed by atoms with Crippen LogP contribution in [0, 0.1) is 6.92 Å². The van der Waals surface area contributed by atoms with Gasteiger partial charge in [0.05, 0.1) is 0 Å². The lowest BCUT2D eigenvalue weighted by Gasteiger charge is -2.10. The van der Waals surface area contributed by atoms with E-state index >= 15 is 0 Å². The molecular weight excluding hydrogens is 394 g/mol. The lowest BCUT2D eigenvalue weighted by atomic mass is 10.1. The van der Waals surface area contributed by atoms with Crippen LogP contribution in [0.5, 0.6) is 0 Å². The molecular formula is C22H21N7O2. The van der Waals surface area contributed by atoms with E-state index in [1.165, 1.54) is 0 Å². The van der Waals surface area contributed by atoms with Gasteiger partial charge in [-0.3, -0.25) is 4.79 Å². The second-order valence-corrected chi connectivity index (χ2v) is 6.65. The number of rotatable bonds is 8. The fourth-order valence-corrected chi connectivity index (χ4v) is 2.87. The van der Waals surface area contributed by atoms with Gasteiger partial charge in [-0.2, -0.15) is 0 Å². The van der Waals surface area contributed by atoms with Gasteiger partial charge in [0.15, 0.2) is 11.5 Å². The number of hydrogen-bond donors (Lipinski definition) is 3. The van der Waals surface area contributed by atoms with Gasteiger partial charge in [0.2, 0.25) is 0 Å². The van der Waals surface area contributed by atoms with Gasteiger partial charge in [-0.15, -0.1) is 0 Å². The highest BCUT2D eigenvalue weighted by atomic mass is 16.5. The molecule has 1 amide bonds. The Hall–Kier alpha value is -4.27. The van der Waals surface area contributed by atoms with Gasteiger partial charge in [-0.25, -0.2) is 15.0 Å². The number of aryl methyl sites for hydroxylation is 1. The third kappa shape index (κ3) is 5.41. The van der Waals surface area contributed by atoms with Crippen LogP contribution in [0.1, 0.15) is 16.3 Å². The first-order chi connectivity index (χ1) is 15.2. The van der Waals surface area contributed by atoms with Crippen molar-refractivity contribution in [2.24, 2.45) is 0 Å². The maximum atomic E-state index is 12.3. The number of carbonyl (C=O) groups is 1. The normalized spacial score (nSPS) is 10.5. The highest BCUT2D eigenvalue weighted by Gasteiger charge is 2.13. The SMILES string of the molecule is Cc1nc(NCCNC(=O)c2cc(-c3ccccc3)on2)cc(Nc2ccccn2)n1. The Morgan fingerprint density at radius 2 is 1.74 bits per heavy atom. The van der Waals surface area contributed by atoms with E-state index in [1.807, 2.05) is 55.5 Å². The van der Waals surface area contributed by atoms with E-state index in [0.29, 0.717) is 42.1 Å². The maximum absolute atomic E-state index is 12.3. The van der Waals surface area contributed by atoms with Gasteiger partial charge in [0.1, 0.15) is 23.3 Å². The molecule has 0 saturated heterocycles. The summed E-state index contributed by atoms with van der Waals surface area (Å²) in [5, 5.41) is 13.0. The van der Waals surface area contributed by atoms with Crippen LogP contribution in [-0.2, 0) is 0 Å². The Bertz CT molecular complexity index is 1150. The molecule has 0 unspecified atom stereocenters. The number of carbonyl (C=O) groups excluding carboxylic acids is 1. The van der Waals surface area contributed by atoms with Gasteiger partial charge < -0.3 is 20.5 Å². The average Bonchev–Trinajstić information content (AvgIpc) is 3.28. The number of nitrogens with zero attached hydrogens (tertiary/aromatic N) is 4. The zero-order valence-corrected chi connectivity index (χ0v) is 16.9. The minimum Gasteiger partial charge on any atom is -0.368 e. The number of benzene rings is 1. The largest absolute Gasteiger partial charge is 0.368 e. The summed E-state index contributed by atoms with van der Waals surface area (Å²) in [5.41, 5.74) is 1.10. The Kier molecular flexibility index (Phi) is 6.13. The maximum Gasteiger partial charge on any atom is 0.273 e. The van der Waals surface area contributed by atoms with E-state index in [9.17, 15) is 4.79 Å². The number of pyridine rings is 1. The van der Waals surface area contributed by atoms with Gasteiger partial charge in [0, 0.05) is 37.0 Å². The topological polar surface area (TPSA) is 118 Å². The number of anilines is 3. The molecule has 0 aliphatic heterocycles. The molecule has 0 bridgehead atoms. The van der Waals surface area contributed by atoms with Crippen molar-refractivity contribution >= 4 is 23.4 Å². The van der Waals surface area contributed by atoms with E-state index in [2.05, 4.69) is 36.1 Å². The minimum absolute atomic E-state index is 0.235. The second kappa shape index (κ2) is 9.49. The van der Waals surface area contributed by atoms with Crippen LogP contribution in [0.2, 0.25) is 0 Å². The molecule has 0 spiro atoms. The van der Waals surface area contributed by atoms with Crippen molar-refractivity contribution in [3.63, 3.8) is 0 Å². The molecule has 0 saturated carbocycles. The van der Waals surface area contributed by atoms with E-state index in [0.717, 1.165) is 5.56 Å². The molecule has 0 fully saturated rings. The summed E-state index contributed by atoms with van der Waals surface area (Å²) < 4.78 is 5.27. The number of aromatic nitrogens is 4. The van der Waals surface area contributed by atoms with Crippen molar-refractivity contribution in [1.82, 2.24) is 25.4 Å². The smallest absolute Gasteiger partial charge is 0.273 e. The van der Waals surface area contributed by atoms with Crippen molar-refractivity contribution in [1.29, 1.82) is 0 Å². The zero-order chi connectivity index (χ0) is 21.5. The molecule has 3 aromatic heterocycles. The summed E-state index contributed by atoms with van der Waals surface area (Å²) in [6.07, 6.45) is 1.70. The predicted octanol–water partition coefficient (Wildman–Crippen LogP) is 3.42. The molecule has 156 valence electrons. The lowest BCUT2D eigenvalue weighted by molar-refractivity contribution is 0.0946. The Morgan fingerprint density at radius 3 is 2.55 bits per heavy atom. The molecule has 31 heavy (non-hydrogen) atoms. The van der Waals surface area contributed by atoms with Crippen LogP contribution in [0.15, 0.2) is 71.4 Å². The minimum atomic E-state index is -0.302. The second-order valence-electron chi connectivity index (χ2n) is 6.65. The van der Waals surface area contributed by atoms with Crippen molar-refractivity contribution in [2.45, 2.75) is 6.92 Å². The molecule has 1 aromatic carbocycles. The van der Waals surface area contributed by atoms with E-state index in [4.69, 9.17) is 4.52 Å². The third-order valence-corrected chi connectivity index (χ3v) is 4.28. The van der Waals surface area contributed by atoms with Crippen molar-refractivity contribution in [3.8, 4) is 11.3 Å². The summed E-state index contributed by atoms with van der Waals surface area (Å²) >= 11 is 0. The van der Waals surface area contributed by atoms with Crippen LogP contribution >= 0.6 is 0 Å². The molecule has 0 radical (unpaired) electrons. The molecule has 3 heterocycles. The Morgan fingerprint density at radius 1 is 0.935 bits per heavy atom. The third-order valence-electron chi connectivity index (χ3n) is 4.28. The molecule has 9 heteroatoms. The number of amides is 1. The first-order valence-electron chi connectivity index (χ1n) is 9.75. The summed E-state index contributed by atoms with van der Waals surface area (Å²) in [5.74, 6) is 2.84. The summed E-state index contributed by atoms with van der Waals surface area (Å²) in [6.45, 7) is 2.68. The Balaban J connectivity index is 1.29. The van der Waals surface area contributed by atoms with Crippen LogP contribution in [0.4, 0.5) is 17.5 Å². The first kappa shape index (κ1) is 20.0. The highest BCUT2D eigenvalue weighted by molar-refractivity contribution is 5.93. The standard InChI is InChI=1S/C22H21N7O2/c1-15-26-20(14-21(27-15)28-19-9-5-6-10-23-19)24-11-12-25-22(30)17-13-18(31-29-17)16-7-3-2-4-8-16/h2-10,13-14H,11-12H2,1H3,(H,25,30)(H2,23,24,26,27,28). The van der Waals surface area contributed by atoms with Crippen LogP contribution in [0.3, 0.4) is 0 Å². The monoisotopic (exact) mass is 415 g/mol.